The quantitative estimate of drug-likeness (QED) is 0.236. The van der Waals surface area contributed by atoms with Crippen LogP contribution in [0.5, 0.6) is 0 Å². The monoisotopic (exact) mass is 299 g/mol. The Hall–Kier alpha value is -1.79. The number of carbonyl (C=O) groups excluding carboxylic acids is 1. The minimum absolute atomic E-state index is 0.0403. The fraction of sp³-hybridized carbons (Fsp3) is 0.385. The molecule has 1 amide bonds. The summed E-state index contributed by atoms with van der Waals surface area (Å²) in [7, 11) is 0. The van der Waals surface area contributed by atoms with Crippen LogP contribution in [0.1, 0.15) is 25.3 Å². The lowest BCUT2D eigenvalue weighted by atomic mass is 10.2. The van der Waals surface area contributed by atoms with Gasteiger partial charge in [-0.3, -0.25) is 4.79 Å². The second-order valence-electron chi connectivity index (χ2n) is 4.03. The molecule has 110 valence electrons. The van der Waals surface area contributed by atoms with Gasteiger partial charge in [0.2, 0.25) is 5.91 Å². The Bertz CT molecular complexity index is 492. The zero-order valence-corrected chi connectivity index (χ0v) is 12.0. The van der Waals surface area contributed by atoms with Crippen LogP contribution in [-0.2, 0) is 9.53 Å². The van der Waals surface area contributed by atoms with Gasteiger partial charge in [0, 0.05) is 25.2 Å². The van der Waals surface area contributed by atoms with Crippen molar-refractivity contribution in [2.75, 3.05) is 18.5 Å². The predicted octanol–water partition coefficient (Wildman–Crippen LogP) is 2.19. The molecule has 1 aromatic carbocycles. The molecule has 7 heteroatoms. The first kappa shape index (κ1) is 16.3. The third kappa shape index (κ3) is 5.07. The highest BCUT2D eigenvalue weighted by atomic mass is 35.5. The number of nitrogens with one attached hydrogen (secondary N) is 1. The van der Waals surface area contributed by atoms with Crippen LogP contribution >= 0.6 is 11.6 Å². The molecule has 0 saturated carbocycles. The van der Waals surface area contributed by atoms with Gasteiger partial charge in [0.15, 0.2) is 5.84 Å². The Morgan fingerprint density at radius 3 is 2.90 bits per heavy atom. The van der Waals surface area contributed by atoms with Crippen LogP contribution in [0, 0.1) is 0 Å². The van der Waals surface area contributed by atoms with Crippen LogP contribution in [0.4, 0.5) is 5.69 Å². The fourth-order valence-corrected chi connectivity index (χ4v) is 1.75. The summed E-state index contributed by atoms with van der Waals surface area (Å²) < 4.78 is 5.16. The lowest BCUT2D eigenvalue weighted by molar-refractivity contribution is -0.116. The van der Waals surface area contributed by atoms with Crippen LogP contribution in [0.15, 0.2) is 23.4 Å². The Morgan fingerprint density at radius 2 is 2.30 bits per heavy atom. The van der Waals surface area contributed by atoms with Crippen molar-refractivity contribution in [3.8, 4) is 0 Å². The predicted molar refractivity (Wildman–Crippen MR) is 78.3 cm³/mol. The molecule has 0 aliphatic heterocycles. The van der Waals surface area contributed by atoms with Gasteiger partial charge in [-0.15, -0.1) is 0 Å². The van der Waals surface area contributed by atoms with Crippen molar-refractivity contribution in [1.29, 1.82) is 0 Å². The Morgan fingerprint density at radius 1 is 1.55 bits per heavy atom. The van der Waals surface area contributed by atoms with Gasteiger partial charge in [-0.2, -0.15) is 0 Å². The van der Waals surface area contributed by atoms with Crippen LogP contribution < -0.4 is 11.1 Å². The van der Waals surface area contributed by atoms with Gasteiger partial charge in [0.1, 0.15) is 0 Å². The molecule has 4 N–H and O–H groups in total. The summed E-state index contributed by atoms with van der Waals surface area (Å²) in [4.78, 5) is 11.7. The number of ether oxygens (including phenoxy) is 1. The minimum Gasteiger partial charge on any atom is -0.409 e. The Balaban J connectivity index is 2.58. The molecule has 0 aliphatic carbocycles. The second-order valence-corrected chi connectivity index (χ2v) is 4.44. The van der Waals surface area contributed by atoms with Gasteiger partial charge in [-0.05, 0) is 31.5 Å². The molecule has 0 unspecified atom stereocenters. The van der Waals surface area contributed by atoms with Crippen molar-refractivity contribution in [1.82, 2.24) is 0 Å². The largest absolute Gasteiger partial charge is 0.409 e. The maximum absolute atomic E-state index is 11.7. The SMILES string of the molecule is CCOCCCC(=O)Nc1ccc(/C(N)=N/O)cc1Cl. The van der Waals surface area contributed by atoms with Crippen molar-refractivity contribution in [2.24, 2.45) is 10.9 Å². The number of benzene rings is 1. The zero-order valence-electron chi connectivity index (χ0n) is 11.2. The van der Waals surface area contributed by atoms with Gasteiger partial charge >= 0.3 is 0 Å². The van der Waals surface area contributed by atoms with E-state index in [0.29, 0.717) is 42.3 Å². The van der Waals surface area contributed by atoms with Gasteiger partial charge in [-0.1, -0.05) is 16.8 Å². The molecular weight excluding hydrogens is 282 g/mol. The van der Waals surface area contributed by atoms with E-state index in [0.717, 1.165) is 0 Å². The van der Waals surface area contributed by atoms with E-state index in [2.05, 4.69) is 10.5 Å². The molecule has 0 heterocycles. The first-order valence-corrected chi connectivity index (χ1v) is 6.61. The number of hydrogen-bond acceptors (Lipinski definition) is 4. The van der Waals surface area contributed by atoms with Crippen LogP contribution in [0.2, 0.25) is 5.02 Å². The summed E-state index contributed by atoms with van der Waals surface area (Å²) >= 11 is 6.03. The average Bonchev–Trinajstić information content (AvgIpc) is 2.45. The van der Waals surface area contributed by atoms with E-state index in [1.165, 1.54) is 6.07 Å². The molecular formula is C13H18ClN3O3. The third-order valence-electron chi connectivity index (χ3n) is 2.54. The van der Waals surface area contributed by atoms with Crippen LogP contribution in [0.25, 0.3) is 0 Å². The number of rotatable bonds is 7. The van der Waals surface area contributed by atoms with Crippen molar-refractivity contribution < 1.29 is 14.7 Å². The molecule has 0 bridgehead atoms. The minimum atomic E-state index is -0.136. The molecule has 20 heavy (non-hydrogen) atoms. The molecule has 0 aromatic heterocycles. The standard InChI is InChI=1S/C13H18ClN3O3/c1-2-20-7-3-4-12(18)16-11-6-5-9(8-10(11)14)13(15)17-19/h5-6,8,19H,2-4,7H2,1H3,(H2,15,17)(H,16,18). The van der Waals surface area contributed by atoms with E-state index in [9.17, 15) is 4.79 Å². The normalized spacial score (nSPS) is 11.4. The second kappa shape index (κ2) is 8.39. The first-order valence-electron chi connectivity index (χ1n) is 6.23. The lowest BCUT2D eigenvalue weighted by Crippen LogP contribution is -2.15. The molecule has 6 nitrogen and oxygen atoms in total. The molecule has 0 radical (unpaired) electrons. The van der Waals surface area contributed by atoms with E-state index >= 15 is 0 Å². The number of nitrogens with zero attached hydrogens (tertiary/aromatic N) is 1. The van der Waals surface area contributed by atoms with Crippen molar-refractivity contribution in [3.05, 3.63) is 28.8 Å². The van der Waals surface area contributed by atoms with Gasteiger partial charge in [-0.25, -0.2) is 0 Å². The van der Waals surface area contributed by atoms with Crippen LogP contribution in [-0.4, -0.2) is 30.2 Å². The number of anilines is 1. The number of hydrogen-bond donors (Lipinski definition) is 3. The summed E-state index contributed by atoms with van der Waals surface area (Å²) in [6.07, 6.45) is 1.01. The van der Waals surface area contributed by atoms with Gasteiger partial charge in [0.05, 0.1) is 10.7 Å². The van der Waals surface area contributed by atoms with E-state index in [4.69, 9.17) is 27.3 Å². The van der Waals surface area contributed by atoms with E-state index in [1.807, 2.05) is 6.92 Å². The summed E-state index contributed by atoms with van der Waals surface area (Å²) in [5.74, 6) is -0.176. The number of carbonyl (C=O) groups is 1. The number of nitrogens with two attached hydrogens (primary N) is 1. The fourth-order valence-electron chi connectivity index (χ4n) is 1.53. The number of oxime groups is 1. The number of amidine groups is 1. The van der Waals surface area contributed by atoms with Crippen molar-refractivity contribution >= 4 is 29.0 Å². The molecule has 0 spiro atoms. The smallest absolute Gasteiger partial charge is 0.224 e. The van der Waals surface area contributed by atoms with Crippen LogP contribution in [0.3, 0.4) is 0 Å². The Labute approximate surface area is 122 Å². The van der Waals surface area contributed by atoms with Gasteiger partial charge < -0.3 is 21.0 Å². The van der Waals surface area contributed by atoms with E-state index in [-0.39, 0.29) is 11.7 Å². The third-order valence-corrected chi connectivity index (χ3v) is 2.86. The molecule has 1 aromatic rings. The number of halogens is 1. The molecule has 0 fully saturated rings. The maximum Gasteiger partial charge on any atom is 0.224 e. The van der Waals surface area contributed by atoms with Crippen molar-refractivity contribution in [3.63, 3.8) is 0 Å². The zero-order chi connectivity index (χ0) is 15.0. The molecule has 0 aliphatic rings. The van der Waals surface area contributed by atoms with Crippen molar-refractivity contribution in [2.45, 2.75) is 19.8 Å². The molecule has 0 saturated heterocycles. The Kier molecular flexibility index (Phi) is 6.83. The highest BCUT2D eigenvalue weighted by Gasteiger charge is 2.08. The van der Waals surface area contributed by atoms with Gasteiger partial charge in [0.25, 0.3) is 0 Å². The highest BCUT2D eigenvalue weighted by molar-refractivity contribution is 6.34. The van der Waals surface area contributed by atoms with E-state index < -0.39 is 0 Å². The lowest BCUT2D eigenvalue weighted by Gasteiger charge is -2.08. The highest BCUT2D eigenvalue weighted by Crippen LogP contribution is 2.23. The first-order chi connectivity index (χ1) is 9.58. The average molecular weight is 300 g/mol. The summed E-state index contributed by atoms with van der Waals surface area (Å²) in [5, 5.41) is 14.5. The topological polar surface area (TPSA) is 96.9 Å². The van der Waals surface area contributed by atoms with E-state index in [1.54, 1.807) is 12.1 Å². The number of amides is 1. The maximum atomic E-state index is 11.7. The summed E-state index contributed by atoms with van der Waals surface area (Å²) in [6.45, 7) is 3.10. The molecule has 1 rings (SSSR count). The summed E-state index contributed by atoms with van der Waals surface area (Å²) in [6, 6.07) is 4.74. The molecule has 0 atom stereocenters. The summed E-state index contributed by atoms with van der Waals surface area (Å²) in [5.41, 5.74) is 6.42.